The number of nitrogens with zero attached hydrogens (tertiary/aromatic N) is 1. The zero-order valence-electron chi connectivity index (χ0n) is 10.9. The van der Waals surface area contributed by atoms with E-state index in [1.165, 1.54) is 12.1 Å². The molecule has 2 N–H and O–H groups in total. The van der Waals surface area contributed by atoms with Crippen LogP contribution in [0.4, 0.5) is 26.3 Å². The third kappa shape index (κ3) is 3.38. The van der Waals surface area contributed by atoms with Crippen molar-refractivity contribution in [3.8, 4) is 11.1 Å². The van der Waals surface area contributed by atoms with E-state index < -0.39 is 29.7 Å². The number of nitrogens with two attached hydrogens (primary N) is 1. The predicted molar refractivity (Wildman–Crippen MR) is 67.7 cm³/mol. The summed E-state index contributed by atoms with van der Waals surface area (Å²) in [6, 6.07) is 5.48. The van der Waals surface area contributed by atoms with Crippen LogP contribution in [0.25, 0.3) is 11.1 Å². The largest absolute Gasteiger partial charge is 0.433 e. The Labute approximate surface area is 121 Å². The Bertz CT molecular complexity index is 649. The van der Waals surface area contributed by atoms with Crippen molar-refractivity contribution in [3.63, 3.8) is 0 Å². The molecule has 0 aliphatic heterocycles. The first-order chi connectivity index (χ1) is 10.1. The fourth-order valence-corrected chi connectivity index (χ4v) is 1.92. The maximum atomic E-state index is 12.8. The van der Waals surface area contributed by atoms with Crippen molar-refractivity contribution >= 4 is 0 Å². The van der Waals surface area contributed by atoms with Crippen LogP contribution in [-0.2, 0) is 6.18 Å². The molecule has 0 bridgehead atoms. The van der Waals surface area contributed by atoms with E-state index in [4.69, 9.17) is 5.73 Å². The molecule has 0 spiro atoms. The summed E-state index contributed by atoms with van der Waals surface area (Å²) in [6.07, 6.45) is -8.96. The van der Waals surface area contributed by atoms with E-state index in [0.717, 1.165) is 6.20 Å². The molecule has 22 heavy (non-hydrogen) atoms. The zero-order chi connectivity index (χ0) is 16.5. The van der Waals surface area contributed by atoms with Gasteiger partial charge in [-0.15, -0.1) is 0 Å². The van der Waals surface area contributed by atoms with Crippen molar-refractivity contribution < 1.29 is 26.3 Å². The SMILES string of the molecule is NC(c1cc(C(F)(F)F)ncc1-c1ccccc1)C(F)(F)F. The van der Waals surface area contributed by atoms with Crippen LogP contribution < -0.4 is 5.73 Å². The normalized spacial score (nSPS) is 14.0. The molecular weight excluding hydrogens is 310 g/mol. The Morgan fingerprint density at radius 3 is 2.05 bits per heavy atom. The van der Waals surface area contributed by atoms with Crippen LogP contribution in [0.15, 0.2) is 42.6 Å². The summed E-state index contributed by atoms with van der Waals surface area (Å²) in [5.41, 5.74) is 3.24. The average Bonchev–Trinajstić information content (AvgIpc) is 2.45. The number of rotatable bonds is 2. The van der Waals surface area contributed by atoms with E-state index in [2.05, 4.69) is 4.98 Å². The molecule has 8 heteroatoms. The number of alkyl halides is 6. The quantitative estimate of drug-likeness (QED) is 0.837. The topological polar surface area (TPSA) is 38.9 Å². The number of aromatic nitrogens is 1. The molecule has 0 radical (unpaired) electrons. The number of hydrogen-bond acceptors (Lipinski definition) is 2. The van der Waals surface area contributed by atoms with Gasteiger partial charge >= 0.3 is 12.4 Å². The Morgan fingerprint density at radius 1 is 0.955 bits per heavy atom. The molecule has 2 nitrogen and oxygen atoms in total. The summed E-state index contributed by atoms with van der Waals surface area (Å²) < 4.78 is 76.5. The van der Waals surface area contributed by atoms with E-state index in [-0.39, 0.29) is 5.56 Å². The van der Waals surface area contributed by atoms with Gasteiger partial charge in [-0.05, 0) is 17.2 Å². The van der Waals surface area contributed by atoms with Crippen molar-refractivity contribution in [2.75, 3.05) is 0 Å². The van der Waals surface area contributed by atoms with Gasteiger partial charge in [0.1, 0.15) is 11.7 Å². The second-order valence-electron chi connectivity index (χ2n) is 4.54. The molecule has 1 unspecified atom stereocenters. The van der Waals surface area contributed by atoms with Crippen LogP contribution in [0.5, 0.6) is 0 Å². The van der Waals surface area contributed by atoms with Crippen LogP contribution in [0.2, 0.25) is 0 Å². The van der Waals surface area contributed by atoms with Gasteiger partial charge in [0.05, 0.1) is 0 Å². The molecule has 0 fully saturated rings. The monoisotopic (exact) mass is 320 g/mol. The molecule has 1 atom stereocenters. The van der Waals surface area contributed by atoms with Crippen LogP contribution in [0.3, 0.4) is 0 Å². The Balaban J connectivity index is 2.64. The van der Waals surface area contributed by atoms with Gasteiger partial charge < -0.3 is 5.73 Å². The number of benzene rings is 1. The highest BCUT2D eigenvalue weighted by Gasteiger charge is 2.41. The van der Waals surface area contributed by atoms with Crippen molar-refractivity contribution in [1.82, 2.24) is 4.98 Å². The van der Waals surface area contributed by atoms with Crippen molar-refractivity contribution in [3.05, 3.63) is 53.9 Å². The summed E-state index contributed by atoms with van der Waals surface area (Å²) in [7, 11) is 0. The summed E-state index contributed by atoms with van der Waals surface area (Å²) in [5, 5.41) is 0. The van der Waals surface area contributed by atoms with Crippen molar-refractivity contribution in [1.29, 1.82) is 0 Å². The van der Waals surface area contributed by atoms with Gasteiger partial charge in [-0.1, -0.05) is 30.3 Å². The molecule has 1 heterocycles. The van der Waals surface area contributed by atoms with Gasteiger partial charge in [-0.25, -0.2) is 0 Å². The lowest BCUT2D eigenvalue weighted by atomic mass is 9.96. The minimum atomic E-state index is -4.87. The number of halogens is 6. The first-order valence-electron chi connectivity index (χ1n) is 6.05. The molecule has 0 amide bonds. The van der Waals surface area contributed by atoms with Crippen LogP contribution >= 0.6 is 0 Å². The van der Waals surface area contributed by atoms with Crippen LogP contribution in [0, 0.1) is 0 Å². The zero-order valence-corrected chi connectivity index (χ0v) is 10.9. The smallest absolute Gasteiger partial charge is 0.316 e. The second kappa shape index (κ2) is 5.60. The first-order valence-corrected chi connectivity index (χ1v) is 6.05. The summed E-state index contributed by atoms with van der Waals surface area (Å²) in [6.45, 7) is 0. The Hall–Kier alpha value is -2.09. The highest BCUT2D eigenvalue weighted by atomic mass is 19.4. The molecule has 118 valence electrons. The van der Waals surface area contributed by atoms with E-state index in [1.807, 2.05) is 0 Å². The second-order valence-corrected chi connectivity index (χ2v) is 4.54. The lowest BCUT2D eigenvalue weighted by Crippen LogP contribution is -2.29. The lowest BCUT2D eigenvalue weighted by molar-refractivity contribution is -0.150. The van der Waals surface area contributed by atoms with Gasteiger partial charge in [0.15, 0.2) is 0 Å². The van der Waals surface area contributed by atoms with Gasteiger partial charge in [0, 0.05) is 11.8 Å². The Morgan fingerprint density at radius 2 is 1.55 bits per heavy atom. The maximum Gasteiger partial charge on any atom is 0.433 e. The number of hydrogen-bond donors (Lipinski definition) is 1. The van der Waals surface area contributed by atoms with E-state index in [1.54, 1.807) is 18.2 Å². The third-order valence-corrected chi connectivity index (χ3v) is 3.00. The van der Waals surface area contributed by atoms with E-state index >= 15 is 0 Å². The molecule has 0 saturated heterocycles. The molecule has 2 aromatic rings. The molecule has 0 saturated carbocycles. The molecular formula is C14H10F6N2. The molecule has 1 aromatic carbocycles. The lowest BCUT2D eigenvalue weighted by Gasteiger charge is -2.20. The molecule has 2 rings (SSSR count). The van der Waals surface area contributed by atoms with Crippen LogP contribution in [-0.4, -0.2) is 11.2 Å². The van der Waals surface area contributed by atoms with Gasteiger partial charge in [-0.3, -0.25) is 4.98 Å². The average molecular weight is 320 g/mol. The molecule has 1 aromatic heterocycles. The standard InChI is InChI=1S/C14H10F6N2/c15-13(16,17)11-6-9(12(21)14(18,19)20)10(7-22-11)8-4-2-1-3-5-8/h1-7,12H,21H2. The fraction of sp³-hybridized carbons (Fsp3) is 0.214. The Kier molecular flexibility index (Phi) is 4.15. The van der Waals surface area contributed by atoms with Gasteiger partial charge in [-0.2, -0.15) is 26.3 Å². The summed E-state index contributed by atoms with van der Waals surface area (Å²) >= 11 is 0. The summed E-state index contributed by atoms with van der Waals surface area (Å²) in [5.74, 6) is 0. The van der Waals surface area contributed by atoms with E-state index in [9.17, 15) is 26.3 Å². The highest BCUT2D eigenvalue weighted by molar-refractivity contribution is 5.67. The minimum absolute atomic E-state index is 0.0848. The fourth-order valence-electron chi connectivity index (χ4n) is 1.92. The van der Waals surface area contributed by atoms with Crippen LogP contribution in [0.1, 0.15) is 17.3 Å². The van der Waals surface area contributed by atoms with Crippen molar-refractivity contribution in [2.24, 2.45) is 5.73 Å². The molecule has 0 aliphatic rings. The third-order valence-electron chi connectivity index (χ3n) is 3.00. The molecule has 0 aliphatic carbocycles. The maximum absolute atomic E-state index is 12.8. The van der Waals surface area contributed by atoms with Gasteiger partial charge in [0.25, 0.3) is 0 Å². The van der Waals surface area contributed by atoms with E-state index in [0.29, 0.717) is 11.6 Å². The highest BCUT2D eigenvalue weighted by Crippen LogP contribution is 2.38. The number of pyridine rings is 1. The predicted octanol–water partition coefficient (Wildman–Crippen LogP) is 4.33. The first kappa shape index (κ1) is 16.3. The van der Waals surface area contributed by atoms with Gasteiger partial charge in [0.2, 0.25) is 0 Å². The minimum Gasteiger partial charge on any atom is -0.316 e. The summed E-state index contributed by atoms with van der Waals surface area (Å²) in [4.78, 5) is 3.20. The van der Waals surface area contributed by atoms with Crippen molar-refractivity contribution in [2.45, 2.75) is 18.4 Å².